The molecule has 0 rings (SSSR count). The van der Waals surface area contributed by atoms with Gasteiger partial charge in [-0.1, -0.05) is 13.8 Å². The third-order valence-electron chi connectivity index (χ3n) is 2.73. The predicted molar refractivity (Wildman–Crippen MR) is 64.3 cm³/mol. The fourth-order valence-electron chi connectivity index (χ4n) is 1.50. The largest absolute Gasteiger partial charge is 0.468 e. The van der Waals surface area contributed by atoms with E-state index in [-0.39, 0.29) is 24.2 Å². The second kappa shape index (κ2) is 7.63. The van der Waals surface area contributed by atoms with Crippen molar-refractivity contribution in [3.63, 3.8) is 0 Å². The summed E-state index contributed by atoms with van der Waals surface area (Å²) in [7, 11) is 3.08. The van der Waals surface area contributed by atoms with Crippen molar-refractivity contribution < 1.29 is 14.3 Å². The highest BCUT2D eigenvalue weighted by Gasteiger charge is 2.24. The molecule has 0 fully saturated rings. The molecule has 3 unspecified atom stereocenters. The van der Waals surface area contributed by atoms with Gasteiger partial charge in [0.1, 0.15) is 6.04 Å². The first-order valence-corrected chi connectivity index (χ1v) is 5.79. The SMILES string of the molecule is COC(=O)C(CC(C)C)NC(C)C(C)OC. The van der Waals surface area contributed by atoms with Gasteiger partial charge >= 0.3 is 5.97 Å². The normalized spacial score (nSPS) is 16.9. The van der Waals surface area contributed by atoms with Crippen LogP contribution >= 0.6 is 0 Å². The Bertz CT molecular complexity index is 206. The van der Waals surface area contributed by atoms with Crippen LogP contribution in [0.15, 0.2) is 0 Å². The zero-order valence-corrected chi connectivity index (χ0v) is 11.2. The van der Waals surface area contributed by atoms with Crippen molar-refractivity contribution in [1.29, 1.82) is 0 Å². The van der Waals surface area contributed by atoms with Gasteiger partial charge in [-0.3, -0.25) is 10.1 Å². The molecule has 96 valence electrons. The summed E-state index contributed by atoms with van der Waals surface area (Å²) in [5.74, 6) is 0.241. The summed E-state index contributed by atoms with van der Waals surface area (Å²) in [6.45, 7) is 8.15. The first-order chi connectivity index (χ1) is 7.42. The molecule has 0 aliphatic carbocycles. The smallest absolute Gasteiger partial charge is 0.322 e. The molecule has 0 aromatic rings. The van der Waals surface area contributed by atoms with E-state index in [4.69, 9.17) is 9.47 Å². The molecule has 16 heavy (non-hydrogen) atoms. The molecule has 4 heteroatoms. The summed E-state index contributed by atoms with van der Waals surface area (Å²) < 4.78 is 10.0. The number of hydrogen-bond donors (Lipinski definition) is 1. The molecule has 0 saturated heterocycles. The van der Waals surface area contributed by atoms with Gasteiger partial charge in [0.05, 0.1) is 13.2 Å². The molecule has 0 aliphatic rings. The second-order valence-corrected chi connectivity index (χ2v) is 4.60. The lowest BCUT2D eigenvalue weighted by Crippen LogP contribution is -2.47. The van der Waals surface area contributed by atoms with Gasteiger partial charge in [-0.2, -0.15) is 0 Å². The van der Waals surface area contributed by atoms with Gasteiger partial charge in [-0.25, -0.2) is 0 Å². The van der Waals surface area contributed by atoms with E-state index in [0.29, 0.717) is 5.92 Å². The molecular weight excluding hydrogens is 206 g/mol. The van der Waals surface area contributed by atoms with Crippen LogP contribution in [0.3, 0.4) is 0 Å². The Labute approximate surface area is 98.7 Å². The Morgan fingerprint density at radius 3 is 2.12 bits per heavy atom. The molecule has 0 aliphatic heterocycles. The first kappa shape index (κ1) is 15.4. The third kappa shape index (κ3) is 5.47. The number of carbonyl (C=O) groups excluding carboxylic acids is 1. The van der Waals surface area contributed by atoms with Crippen LogP contribution in [0.5, 0.6) is 0 Å². The van der Waals surface area contributed by atoms with Crippen molar-refractivity contribution in [2.24, 2.45) is 5.92 Å². The summed E-state index contributed by atoms with van der Waals surface area (Å²) in [6, 6.07) is -0.134. The van der Waals surface area contributed by atoms with Crippen LogP contribution in [-0.4, -0.2) is 38.4 Å². The maximum absolute atomic E-state index is 11.6. The Morgan fingerprint density at radius 1 is 1.19 bits per heavy atom. The van der Waals surface area contributed by atoms with Gasteiger partial charge in [0.2, 0.25) is 0 Å². The summed E-state index contributed by atoms with van der Waals surface area (Å²) in [5, 5.41) is 3.25. The fraction of sp³-hybridized carbons (Fsp3) is 0.917. The fourth-order valence-corrected chi connectivity index (χ4v) is 1.50. The minimum absolute atomic E-state index is 0.0688. The van der Waals surface area contributed by atoms with Crippen LogP contribution in [-0.2, 0) is 14.3 Å². The Hall–Kier alpha value is -0.610. The van der Waals surface area contributed by atoms with E-state index in [2.05, 4.69) is 19.2 Å². The van der Waals surface area contributed by atoms with Gasteiger partial charge in [0.15, 0.2) is 0 Å². The van der Waals surface area contributed by atoms with E-state index in [0.717, 1.165) is 6.42 Å². The van der Waals surface area contributed by atoms with Crippen LogP contribution in [0.2, 0.25) is 0 Å². The average molecular weight is 231 g/mol. The minimum Gasteiger partial charge on any atom is -0.468 e. The number of nitrogens with one attached hydrogen (secondary N) is 1. The quantitative estimate of drug-likeness (QED) is 0.676. The Kier molecular flexibility index (Phi) is 7.34. The third-order valence-corrected chi connectivity index (χ3v) is 2.73. The zero-order chi connectivity index (χ0) is 12.7. The molecule has 4 nitrogen and oxygen atoms in total. The van der Waals surface area contributed by atoms with E-state index in [1.807, 2.05) is 13.8 Å². The molecule has 0 heterocycles. The Balaban J connectivity index is 4.36. The highest BCUT2D eigenvalue weighted by Crippen LogP contribution is 2.08. The van der Waals surface area contributed by atoms with Gasteiger partial charge in [-0.05, 0) is 26.2 Å². The second-order valence-electron chi connectivity index (χ2n) is 4.60. The van der Waals surface area contributed by atoms with E-state index in [9.17, 15) is 4.79 Å². The van der Waals surface area contributed by atoms with Crippen molar-refractivity contribution in [2.45, 2.75) is 52.3 Å². The summed E-state index contributed by atoms with van der Waals surface area (Å²) >= 11 is 0. The summed E-state index contributed by atoms with van der Waals surface area (Å²) in [5.41, 5.74) is 0. The topological polar surface area (TPSA) is 47.6 Å². The number of rotatable bonds is 7. The zero-order valence-electron chi connectivity index (χ0n) is 11.2. The molecule has 1 N–H and O–H groups in total. The summed E-state index contributed by atoms with van der Waals surface area (Å²) in [6.07, 6.45) is 0.840. The highest BCUT2D eigenvalue weighted by molar-refractivity contribution is 5.75. The molecule has 0 amide bonds. The standard InChI is InChI=1S/C12H25NO3/c1-8(2)7-11(12(14)16-6)13-9(3)10(4)15-5/h8-11,13H,7H2,1-6H3. The van der Waals surface area contributed by atoms with Gasteiger partial charge in [0, 0.05) is 13.2 Å². The van der Waals surface area contributed by atoms with Gasteiger partial charge < -0.3 is 9.47 Å². The van der Waals surface area contributed by atoms with Crippen molar-refractivity contribution in [3.8, 4) is 0 Å². The van der Waals surface area contributed by atoms with Crippen molar-refractivity contribution >= 4 is 5.97 Å². The first-order valence-electron chi connectivity index (χ1n) is 5.79. The lowest BCUT2D eigenvalue weighted by atomic mass is 10.0. The van der Waals surface area contributed by atoms with Crippen LogP contribution in [0.1, 0.15) is 34.1 Å². The number of carbonyl (C=O) groups is 1. The molecule has 0 aromatic heterocycles. The lowest BCUT2D eigenvalue weighted by Gasteiger charge is -2.26. The van der Waals surface area contributed by atoms with Crippen molar-refractivity contribution in [1.82, 2.24) is 5.32 Å². The van der Waals surface area contributed by atoms with Crippen LogP contribution in [0.25, 0.3) is 0 Å². The maximum atomic E-state index is 11.6. The maximum Gasteiger partial charge on any atom is 0.322 e. The van der Waals surface area contributed by atoms with Gasteiger partial charge in [-0.15, -0.1) is 0 Å². The number of esters is 1. The Morgan fingerprint density at radius 2 is 1.75 bits per heavy atom. The summed E-state index contributed by atoms with van der Waals surface area (Å²) in [4.78, 5) is 11.6. The van der Waals surface area contributed by atoms with E-state index in [1.165, 1.54) is 7.11 Å². The number of hydrogen-bond acceptors (Lipinski definition) is 4. The van der Waals surface area contributed by atoms with Crippen LogP contribution < -0.4 is 5.32 Å². The van der Waals surface area contributed by atoms with Crippen LogP contribution in [0, 0.1) is 5.92 Å². The van der Waals surface area contributed by atoms with Gasteiger partial charge in [0.25, 0.3) is 0 Å². The monoisotopic (exact) mass is 231 g/mol. The number of methoxy groups -OCH3 is 2. The molecule has 0 saturated carbocycles. The highest BCUT2D eigenvalue weighted by atomic mass is 16.5. The van der Waals surface area contributed by atoms with Crippen LogP contribution in [0.4, 0.5) is 0 Å². The lowest BCUT2D eigenvalue weighted by molar-refractivity contribution is -0.144. The molecule has 0 radical (unpaired) electrons. The number of ether oxygens (including phenoxy) is 2. The van der Waals surface area contributed by atoms with E-state index >= 15 is 0 Å². The average Bonchev–Trinajstić information content (AvgIpc) is 2.25. The van der Waals surface area contributed by atoms with Crippen molar-refractivity contribution in [3.05, 3.63) is 0 Å². The molecule has 0 aromatic carbocycles. The molecular formula is C12H25NO3. The van der Waals surface area contributed by atoms with E-state index < -0.39 is 0 Å². The predicted octanol–water partition coefficient (Wildman–Crippen LogP) is 1.59. The van der Waals surface area contributed by atoms with Crippen molar-refractivity contribution in [2.75, 3.05) is 14.2 Å². The van der Waals surface area contributed by atoms with E-state index in [1.54, 1.807) is 7.11 Å². The molecule has 3 atom stereocenters. The molecule has 0 spiro atoms. The molecule has 0 bridgehead atoms. The minimum atomic E-state index is -0.252.